The molecule has 272 valence electrons. The van der Waals surface area contributed by atoms with Gasteiger partial charge >= 0.3 is 11.9 Å². The number of thioether (sulfide) groups is 2. The lowest BCUT2D eigenvalue weighted by molar-refractivity contribution is -0.153. The minimum Gasteiger partial charge on any atom is -0.466 e. The fourth-order valence-corrected chi connectivity index (χ4v) is 12.7. The molecule has 9 nitrogen and oxygen atoms in total. The van der Waals surface area contributed by atoms with Gasteiger partial charge in [0.1, 0.15) is 18.1 Å². The van der Waals surface area contributed by atoms with E-state index in [1.807, 2.05) is 105 Å². The van der Waals surface area contributed by atoms with Crippen molar-refractivity contribution in [3.8, 4) is 0 Å². The second-order valence-electron chi connectivity index (χ2n) is 13.1. The van der Waals surface area contributed by atoms with Crippen LogP contribution in [0, 0.1) is 11.8 Å². The van der Waals surface area contributed by atoms with E-state index in [1.165, 1.54) is 9.80 Å². The summed E-state index contributed by atoms with van der Waals surface area (Å²) >= 11 is 14.0. The van der Waals surface area contributed by atoms with Gasteiger partial charge in [-0.05, 0) is 51.0 Å². The van der Waals surface area contributed by atoms with Gasteiger partial charge in [-0.1, -0.05) is 133 Å². The molecule has 0 bridgehead atoms. The zero-order chi connectivity index (χ0) is 37.7. The van der Waals surface area contributed by atoms with Crippen LogP contribution in [0.25, 0.3) is 10.9 Å². The van der Waals surface area contributed by atoms with Gasteiger partial charge in [-0.3, -0.25) is 34.0 Å². The van der Waals surface area contributed by atoms with Gasteiger partial charge in [0.05, 0.1) is 42.6 Å². The highest BCUT2D eigenvalue weighted by molar-refractivity contribution is 8.28. The van der Waals surface area contributed by atoms with E-state index in [9.17, 15) is 9.59 Å². The number of fused-ring (bicyclic) bond motifs is 2. The van der Waals surface area contributed by atoms with Crippen LogP contribution in [0.4, 0.5) is 0 Å². The smallest absolute Gasteiger partial charge is 0.311 e. The number of amides is 2. The number of carbonyl (C=O) groups is 4. The van der Waals surface area contributed by atoms with Crippen LogP contribution in [0.5, 0.6) is 0 Å². The molecule has 7 rings (SSSR count). The average Bonchev–Trinajstić information content (AvgIpc) is 3.70. The standard InChI is InChI=1S/C40H37N3O6S4/c1-5-48-33(44)31-30(29-22-21-27-19-13-14-20-28(27)41-29)32(34(45)49-6-2)40(36(47)43(38(51)53-40)24(4)26-17-11-8-12-18-26)39(31)35(46)42(37(50)52-39)23(3)25-15-9-7-10-16-25/h7-24,30-32H,5-6H2,1-4H3/t23?,24?,30?,31-,32-,39-,40+/m0/s1. The highest BCUT2D eigenvalue weighted by Crippen LogP contribution is 2.72. The summed E-state index contributed by atoms with van der Waals surface area (Å²) in [6.45, 7) is 7.03. The summed E-state index contributed by atoms with van der Waals surface area (Å²) in [5.41, 5.74) is 2.57. The van der Waals surface area contributed by atoms with Gasteiger partial charge in [-0.2, -0.15) is 0 Å². The first-order valence-electron chi connectivity index (χ1n) is 17.5. The Morgan fingerprint density at radius 2 is 1.13 bits per heavy atom. The molecular weight excluding hydrogens is 747 g/mol. The van der Waals surface area contributed by atoms with Gasteiger partial charge in [0.15, 0.2) is 0 Å². The fraction of sp³-hybridized carbons (Fsp3) is 0.325. The Morgan fingerprint density at radius 1 is 0.698 bits per heavy atom. The molecule has 2 saturated heterocycles. The van der Waals surface area contributed by atoms with Crippen LogP contribution < -0.4 is 0 Å². The number of hydrogen-bond acceptors (Lipinski definition) is 11. The molecule has 3 unspecified atom stereocenters. The van der Waals surface area contributed by atoms with Crippen molar-refractivity contribution in [3.05, 3.63) is 114 Å². The molecule has 3 heterocycles. The predicted molar refractivity (Wildman–Crippen MR) is 214 cm³/mol. The summed E-state index contributed by atoms with van der Waals surface area (Å²) in [6, 6.07) is 28.7. The molecule has 0 N–H and O–H groups in total. The number of benzene rings is 3. The summed E-state index contributed by atoms with van der Waals surface area (Å²) in [5, 5.41) is 0.838. The zero-order valence-electron chi connectivity index (χ0n) is 29.5. The Hall–Kier alpha value is -4.17. The number of carbonyl (C=O) groups excluding carboxylic acids is 4. The van der Waals surface area contributed by atoms with Crippen LogP contribution >= 0.6 is 48.0 Å². The average molecular weight is 784 g/mol. The van der Waals surface area contributed by atoms with Gasteiger partial charge in [0.2, 0.25) is 11.8 Å². The summed E-state index contributed by atoms with van der Waals surface area (Å²) in [6.07, 6.45) is 0. The maximum atomic E-state index is 15.8. The first-order valence-corrected chi connectivity index (χ1v) is 19.9. The first kappa shape index (κ1) is 37.2. The maximum Gasteiger partial charge on any atom is 0.311 e. The Balaban J connectivity index is 1.53. The van der Waals surface area contributed by atoms with Gasteiger partial charge in [0.25, 0.3) is 0 Å². The first-order chi connectivity index (χ1) is 25.5. The number of ether oxygens (including phenoxy) is 2. The SMILES string of the molecule is CCOC(=O)[C@@H]1C(c2ccc3ccccc3n2)[C@@H](C(=O)OCC)[C@]2(SC(=S)N(C(C)c3ccccc3)C2=O)[C@]12SC(=S)N(C(C)c1ccccc1)C2=O. The molecule has 3 aliphatic rings. The third-order valence-electron chi connectivity index (χ3n) is 10.5. The van der Waals surface area contributed by atoms with E-state index in [4.69, 9.17) is 38.9 Å². The van der Waals surface area contributed by atoms with Crippen LogP contribution in [0.1, 0.15) is 62.5 Å². The van der Waals surface area contributed by atoms with Crippen LogP contribution in [0.3, 0.4) is 0 Å². The summed E-state index contributed by atoms with van der Waals surface area (Å²) < 4.78 is 7.95. The summed E-state index contributed by atoms with van der Waals surface area (Å²) in [4.78, 5) is 69.0. The van der Waals surface area contributed by atoms with Crippen LogP contribution in [0.15, 0.2) is 97.1 Å². The lowest BCUT2D eigenvalue weighted by atomic mass is 9.81. The molecule has 13 heteroatoms. The van der Waals surface area contributed by atoms with Crippen molar-refractivity contribution in [2.75, 3.05) is 13.2 Å². The molecule has 7 atom stereocenters. The lowest BCUT2D eigenvalue weighted by Gasteiger charge is -2.40. The minimum absolute atomic E-state index is 0.00947. The van der Waals surface area contributed by atoms with Gasteiger partial charge < -0.3 is 9.47 Å². The molecule has 2 spiro atoms. The number of aromatic nitrogens is 1. The molecule has 53 heavy (non-hydrogen) atoms. The van der Waals surface area contributed by atoms with Gasteiger partial charge in [-0.25, -0.2) is 0 Å². The summed E-state index contributed by atoms with van der Waals surface area (Å²) in [5.74, 6) is -6.58. The molecule has 1 saturated carbocycles. The van der Waals surface area contributed by atoms with Gasteiger partial charge in [0, 0.05) is 17.0 Å². The number of pyridine rings is 1. The molecule has 4 aromatic rings. The lowest BCUT2D eigenvalue weighted by Crippen LogP contribution is -2.63. The molecular formula is C40H37N3O6S4. The Kier molecular flexibility index (Phi) is 10.2. The van der Waals surface area contributed by atoms with Gasteiger partial charge in [-0.15, -0.1) is 0 Å². The number of hydrogen-bond donors (Lipinski definition) is 0. The van der Waals surface area contributed by atoms with E-state index in [1.54, 1.807) is 19.9 Å². The Bertz CT molecular complexity index is 2030. The van der Waals surface area contributed by atoms with E-state index in [0.29, 0.717) is 11.2 Å². The van der Waals surface area contributed by atoms with Crippen molar-refractivity contribution < 1.29 is 28.7 Å². The molecule has 1 aromatic heterocycles. The highest BCUT2D eigenvalue weighted by Gasteiger charge is 2.86. The normalized spacial score (nSPS) is 26.5. The second kappa shape index (κ2) is 14.6. The van der Waals surface area contributed by atoms with Crippen molar-refractivity contribution in [3.63, 3.8) is 0 Å². The minimum atomic E-state index is -1.99. The van der Waals surface area contributed by atoms with E-state index in [-0.39, 0.29) is 21.9 Å². The monoisotopic (exact) mass is 783 g/mol. The number of esters is 2. The van der Waals surface area contributed by atoms with E-state index < -0.39 is 63.1 Å². The van der Waals surface area contributed by atoms with E-state index in [0.717, 1.165) is 40.0 Å². The maximum absolute atomic E-state index is 15.8. The topological polar surface area (TPSA) is 106 Å². The van der Waals surface area contributed by atoms with E-state index >= 15 is 9.59 Å². The fourth-order valence-electron chi connectivity index (χ4n) is 8.13. The largest absolute Gasteiger partial charge is 0.466 e. The Labute approximate surface area is 327 Å². The number of thiocarbonyl (C=S) groups is 2. The predicted octanol–water partition coefficient (Wildman–Crippen LogP) is 7.41. The molecule has 1 aliphatic carbocycles. The van der Waals surface area contributed by atoms with Crippen LogP contribution in [0.2, 0.25) is 0 Å². The number of para-hydroxylation sites is 1. The summed E-state index contributed by atoms with van der Waals surface area (Å²) in [7, 11) is 0. The van der Waals surface area contributed by atoms with Crippen molar-refractivity contribution in [1.29, 1.82) is 0 Å². The third kappa shape index (κ3) is 5.69. The number of nitrogens with zero attached hydrogens (tertiary/aromatic N) is 3. The van der Waals surface area contributed by atoms with Crippen LogP contribution in [-0.2, 0) is 28.7 Å². The molecule has 2 aliphatic heterocycles. The van der Waals surface area contributed by atoms with Crippen LogP contribution in [-0.4, -0.2) is 69.9 Å². The van der Waals surface area contributed by atoms with Crippen molar-refractivity contribution >= 4 is 91.3 Å². The van der Waals surface area contributed by atoms with E-state index in [2.05, 4.69) is 0 Å². The Morgan fingerprint density at radius 3 is 1.58 bits per heavy atom. The molecule has 0 radical (unpaired) electrons. The quantitative estimate of drug-likeness (QED) is 0.125. The third-order valence-corrected chi connectivity index (χ3v) is 14.4. The molecule has 3 fully saturated rings. The zero-order valence-corrected chi connectivity index (χ0v) is 32.7. The van der Waals surface area contributed by atoms with Crippen molar-refractivity contribution in [1.82, 2.24) is 14.8 Å². The highest BCUT2D eigenvalue weighted by atomic mass is 32.2. The van der Waals surface area contributed by atoms with Crippen molar-refractivity contribution in [2.24, 2.45) is 11.8 Å². The number of rotatable bonds is 9. The second-order valence-corrected chi connectivity index (χ2v) is 16.9. The molecule has 3 aromatic carbocycles. The van der Waals surface area contributed by atoms with Crippen molar-refractivity contribution in [2.45, 2.75) is 55.2 Å². The molecule has 2 amide bonds.